The van der Waals surface area contributed by atoms with Crippen LogP contribution in [0.15, 0.2) is 48.7 Å². The maximum Gasteiger partial charge on any atom is 0.223 e. The minimum atomic E-state index is 0.110. The summed E-state index contributed by atoms with van der Waals surface area (Å²) in [6.07, 6.45) is 20.2. The molecule has 5 heterocycles. The van der Waals surface area contributed by atoms with Crippen molar-refractivity contribution in [2.75, 3.05) is 32.7 Å². The molecule has 0 radical (unpaired) electrons. The van der Waals surface area contributed by atoms with Gasteiger partial charge < -0.3 is 9.80 Å². The molecule has 0 bridgehead atoms. The van der Waals surface area contributed by atoms with Crippen molar-refractivity contribution >= 4 is 5.91 Å². The molecule has 0 aromatic carbocycles. The third-order valence-electron chi connectivity index (χ3n) is 14.9. The Labute approximate surface area is 529 Å². The van der Waals surface area contributed by atoms with Crippen molar-refractivity contribution in [3.63, 3.8) is 0 Å². The molecule has 2 saturated heterocycles. The molecule has 2 aliphatic heterocycles. The molecule has 2 fully saturated rings. The van der Waals surface area contributed by atoms with E-state index in [9.17, 15) is 4.79 Å². The van der Waals surface area contributed by atoms with Gasteiger partial charge in [0.15, 0.2) is 0 Å². The van der Waals surface area contributed by atoms with E-state index in [4.69, 9.17) is 9.97 Å². The molecule has 5 rings (SSSR count). The minimum Gasteiger partial charge on any atom is -0.342 e. The van der Waals surface area contributed by atoms with Gasteiger partial charge in [-0.05, 0) is 199 Å². The summed E-state index contributed by atoms with van der Waals surface area (Å²) in [6, 6.07) is 14.9. The Morgan fingerprint density at radius 2 is 0.812 bits per heavy atom. The fraction of sp³-hybridized carbons (Fsp3) is 0.808. The highest BCUT2D eigenvalue weighted by atomic mass is 16.2. The Balaban J connectivity index is 0.000000531. The number of pyridine rings is 2. The van der Waals surface area contributed by atoms with Crippen LogP contribution in [0.5, 0.6) is 0 Å². The lowest BCUT2D eigenvalue weighted by atomic mass is 9.84. The molecular weight excluding hydrogens is 1040 g/mol. The highest BCUT2D eigenvalue weighted by Gasteiger charge is 2.31. The molecule has 0 saturated carbocycles. The van der Waals surface area contributed by atoms with Crippen molar-refractivity contribution < 1.29 is 4.79 Å². The summed E-state index contributed by atoms with van der Waals surface area (Å²) in [5.74, 6) is 2.98. The number of carbonyl (C=O) groups is 1. The number of likely N-dealkylation sites (tertiary alicyclic amines) is 2. The van der Waals surface area contributed by atoms with E-state index in [1.54, 1.807) is 0 Å². The van der Waals surface area contributed by atoms with Gasteiger partial charge in [0.25, 0.3) is 0 Å². The van der Waals surface area contributed by atoms with Crippen LogP contribution in [0.3, 0.4) is 0 Å². The quantitative estimate of drug-likeness (QED) is 0.151. The summed E-state index contributed by atoms with van der Waals surface area (Å²) < 4.78 is 0. The number of nitrogens with zero attached hydrogens (tertiary/aromatic N) is 6. The van der Waals surface area contributed by atoms with Gasteiger partial charge >= 0.3 is 0 Å². The first-order valence-electron chi connectivity index (χ1n) is 33.9. The van der Waals surface area contributed by atoms with Gasteiger partial charge in [-0.2, -0.15) is 0 Å². The molecule has 0 spiro atoms. The molecule has 2 unspecified atom stereocenters. The van der Waals surface area contributed by atoms with E-state index >= 15 is 0 Å². The maximum atomic E-state index is 12.1. The van der Waals surface area contributed by atoms with Crippen LogP contribution in [0.25, 0.3) is 0 Å². The molecule has 490 valence electrons. The number of amides is 1. The van der Waals surface area contributed by atoms with Crippen LogP contribution in [0.2, 0.25) is 0 Å². The van der Waals surface area contributed by atoms with Crippen molar-refractivity contribution in [2.24, 2.45) is 66.0 Å². The SMILES string of the molecule is CC(C)(C)CC(=O)N1CCC(CC(C)(C)C)C1.CC(C)(C)CCCc1cccc(CC(C)(C)C)n1.CC(C)(C)CCN1CCC(CC(C)(C)C)C1.CC(C)(C)CCc1cccc(CC(C)(C)C)n1.CC(C)(C)CCc1nccc(CC(C)(C)C)n1. The monoisotopic (exact) mass is 1180 g/mol. The first-order chi connectivity index (χ1) is 38.2. The molecule has 3 aromatic heterocycles. The largest absolute Gasteiger partial charge is 0.342 e. The van der Waals surface area contributed by atoms with Crippen molar-refractivity contribution in [3.8, 4) is 0 Å². The molecule has 0 N–H and O–H groups in total. The van der Waals surface area contributed by atoms with Gasteiger partial charge in [-0.3, -0.25) is 14.8 Å². The second kappa shape index (κ2) is 34.1. The van der Waals surface area contributed by atoms with Crippen LogP contribution in [0.1, 0.15) is 306 Å². The Hall–Kier alpha value is -3.19. The summed E-state index contributed by atoms with van der Waals surface area (Å²) in [5.41, 5.74) is 9.69. The van der Waals surface area contributed by atoms with Gasteiger partial charge in [0.1, 0.15) is 5.82 Å². The second-order valence-corrected chi connectivity index (χ2v) is 38.5. The predicted octanol–water partition coefficient (Wildman–Crippen LogP) is 21.6. The maximum absolute atomic E-state index is 12.1. The molecule has 85 heavy (non-hydrogen) atoms. The van der Waals surface area contributed by atoms with Gasteiger partial charge in [-0.1, -0.05) is 220 Å². The van der Waals surface area contributed by atoms with Gasteiger partial charge in [0.2, 0.25) is 5.91 Å². The minimum absolute atomic E-state index is 0.110. The average Bonchev–Trinajstić information content (AvgIpc) is 4.06. The van der Waals surface area contributed by atoms with E-state index < -0.39 is 0 Å². The zero-order chi connectivity index (χ0) is 65.7. The zero-order valence-electron chi connectivity index (χ0n) is 62.2. The number of hydrogen-bond donors (Lipinski definition) is 0. The number of aromatic nitrogens is 4. The van der Waals surface area contributed by atoms with Gasteiger partial charge in [-0.25, -0.2) is 9.97 Å². The van der Waals surface area contributed by atoms with Crippen LogP contribution in [0, 0.1) is 66.0 Å². The third kappa shape index (κ3) is 46.6. The van der Waals surface area contributed by atoms with Crippen molar-refractivity contribution in [3.05, 3.63) is 83.0 Å². The molecular formula is C78H142N6O. The number of aryl methyl sites for hydroxylation is 3. The van der Waals surface area contributed by atoms with E-state index in [2.05, 4.69) is 264 Å². The van der Waals surface area contributed by atoms with Gasteiger partial charge in [0.05, 0.1) is 0 Å². The number of hydrogen-bond acceptors (Lipinski definition) is 6. The standard InChI is InChI=1S/C17H29N.C16H27N.C15H26N2.C15H29NO.C15H31N/c1-16(2,3)12-8-11-14-9-7-10-15(18-14)13-17(4,5)6;1-15(2,3)11-10-13-8-7-9-14(17-13)12-16(4,5)6;1-14(2,3)9-7-13-16-10-8-12(17-13)11-15(4,5)6;1-14(2,3)9-12-7-8-16(11-12)13(17)10-15(4,5)6;1-14(2,3)8-10-16-9-7-13(12-16)11-15(4,5)6/h7,9-10H,8,11-13H2,1-6H3;7-9H,10-12H2,1-6H3;8,10H,7,9,11H2,1-6H3;12H,7-11H2,1-6H3;13H,7-12H2,1-6H3. The summed E-state index contributed by atoms with van der Waals surface area (Å²) >= 11 is 0. The van der Waals surface area contributed by atoms with E-state index in [0.29, 0.717) is 61.6 Å². The lowest BCUT2D eigenvalue weighted by Crippen LogP contribution is -2.32. The summed E-state index contributed by atoms with van der Waals surface area (Å²) in [6.45, 7) is 74.1. The third-order valence-corrected chi connectivity index (χ3v) is 14.9. The Kier molecular flexibility index (Phi) is 32.0. The first-order valence-corrected chi connectivity index (χ1v) is 33.9. The molecule has 2 atom stereocenters. The fourth-order valence-electron chi connectivity index (χ4n) is 10.9. The van der Waals surface area contributed by atoms with Crippen LogP contribution in [-0.2, 0) is 43.3 Å². The van der Waals surface area contributed by atoms with Crippen LogP contribution in [0.4, 0.5) is 0 Å². The van der Waals surface area contributed by atoms with E-state index in [-0.39, 0.29) is 10.8 Å². The van der Waals surface area contributed by atoms with E-state index in [0.717, 1.165) is 75.5 Å². The average molecular weight is 1180 g/mol. The van der Waals surface area contributed by atoms with Gasteiger partial charge in [-0.15, -0.1) is 0 Å². The summed E-state index contributed by atoms with van der Waals surface area (Å²) in [5, 5.41) is 0. The lowest BCUT2D eigenvalue weighted by molar-refractivity contribution is -0.132. The Morgan fingerprint density at radius 3 is 1.24 bits per heavy atom. The first kappa shape index (κ1) is 79.8. The van der Waals surface area contributed by atoms with E-state index in [1.165, 1.54) is 93.8 Å². The zero-order valence-corrected chi connectivity index (χ0v) is 62.2. The topological polar surface area (TPSA) is 75.1 Å². The van der Waals surface area contributed by atoms with Crippen LogP contribution < -0.4 is 0 Å². The number of rotatable bonds is 15. The molecule has 7 heteroatoms. The predicted molar refractivity (Wildman–Crippen MR) is 373 cm³/mol. The van der Waals surface area contributed by atoms with Crippen LogP contribution in [-0.4, -0.2) is 68.4 Å². The molecule has 2 aliphatic rings. The highest BCUT2D eigenvalue weighted by Crippen LogP contribution is 2.34. The molecule has 3 aromatic rings. The summed E-state index contributed by atoms with van der Waals surface area (Å²) in [7, 11) is 0. The fourth-order valence-corrected chi connectivity index (χ4v) is 10.9. The summed E-state index contributed by atoms with van der Waals surface area (Å²) in [4.78, 5) is 35.4. The molecule has 1 amide bonds. The number of carbonyl (C=O) groups excluding carboxylic acids is 1. The van der Waals surface area contributed by atoms with Gasteiger partial charge in [0, 0.05) is 67.1 Å². The lowest BCUT2D eigenvalue weighted by Gasteiger charge is -2.25. The highest BCUT2D eigenvalue weighted by molar-refractivity contribution is 5.77. The Morgan fingerprint density at radius 1 is 0.412 bits per heavy atom. The second-order valence-electron chi connectivity index (χ2n) is 38.5. The molecule has 7 nitrogen and oxygen atoms in total. The smallest absolute Gasteiger partial charge is 0.223 e. The molecule has 0 aliphatic carbocycles. The normalized spacial score (nSPS) is 16.8. The Bertz CT molecular complexity index is 2240. The van der Waals surface area contributed by atoms with E-state index in [1.807, 2.05) is 12.3 Å². The van der Waals surface area contributed by atoms with Crippen molar-refractivity contribution in [2.45, 2.75) is 310 Å². The van der Waals surface area contributed by atoms with Crippen molar-refractivity contribution in [1.29, 1.82) is 0 Å². The van der Waals surface area contributed by atoms with Crippen molar-refractivity contribution in [1.82, 2.24) is 29.7 Å². The van der Waals surface area contributed by atoms with Crippen LogP contribution >= 0.6 is 0 Å².